The molecule has 2 nitrogen and oxygen atoms in total. The lowest BCUT2D eigenvalue weighted by atomic mass is 10.2. The van der Waals surface area contributed by atoms with Crippen LogP contribution in [-0.4, -0.2) is 9.55 Å². The van der Waals surface area contributed by atoms with Crippen LogP contribution >= 0.6 is 39.1 Å². The number of hydrogen-bond acceptors (Lipinski definition) is 1. The largest absolute Gasteiger partial charge is 0.292 e. The summed E-state index contributed by atoms with van der Waals surface area (Å²) in [5.74, 6) is 0.229. The van der Waals surface area contributed by atoms with E-state index >= 15 is 0 Å². The van der Waals surface area contributed by atoms with Gasteiger partial charge in [0, 0.05) is 9.50 Å². The highest BCUT2D eigenvalue weighted by atomic mass is 79.9. The summed E-state index contributed by atoms with van der Waals surface area (Å²) < 4.78 is 16.7. The quantitative estimate of drug-likeness (QED) is 0.502. The topological polar surface area (TPSA) is 17.8 Å². The van der Waals surface area contributed by atoms with Crippen LogP contribution in [0.1, 0.15) is 18.1 Å². The lowest BCUT2D eigenvalue weighted by molar-refractivity contribution is 0.615. The standard InChI is InChI=1S/C15H10BrCl2FN2/c1-8(17)15-20-12-7-10(18)3-5-14(12)21(15)13-4-2-9(16)6-11(13)19/h2-8H,1H3. The van der Waals surface area contributed by atoms with E-state index in [1.807, 2.05) is 6.07 Å². The van der Waals surface area contributed by atoms with Gasteiger partial charge in [-0.15, -0.1) is 11.6 Å². The molecule has 1 unspecified atom stereocenters. The van der Waals surface area contributed by atoms with Crippen LogP contribution in [0.2, 0.25) is 5.02 Å². The van der Waals surface area contributed by atoms with E-state index in [9.17, 15) is 4.39 Å². The second kappa shape index (κ2) is 5.59. The van der Waals surface area contributed by atoms with Crippen LogP contribution in [0.3, 0.4) is 0 Å². The number of aromatic nitrogens is 2. The normalized spacial score (nSPS) is 12.8. The van der Waals surface area contributed by atoms with Crippen molar-refractivity contribution in [1.82, 2.24) is 9.55 Å². The molecule has 0 saturated carbocycles. The van der Waals surface area contributed by atoms with Crippen molar-refractivity contribution in [2.75, 3.05) is 0 Å². The van der Waals surface area contributed by atoms with Crippen molar-refractivity contribution in [3.63, 3.8) is 0 Å². The Hall–Kier alpha value is -1.10. The maximum atomic E-state index is 14.3. The number of hydrogen-bond donors (Lipinski definition) is 0. The highest BCUT2D eigenvalue weighted by Crippen LogP contribution is 2.31. The SMILES string of the molecule is CC(Cl)c1nc2cc(Cl)ccc2n1-c1ccc(Br)cc1F. The minimum absolute atomic E-state index is 0.350. The number of halogens is 4. The molecule has 2 aromatic carbocycles. The van der Waals surface area contributed by atoms with E-state index < -0.39 is 0 Å². The maximum absolute atomic E-state index is 14.3. The van der Waals surface area contributed by atoms with Crippen LogP contribution in [0.25, 0.3) is 16.7 Å². The fourth-order valence-corrected chi connectivity index (χ4v) is 2.90. The highest BCUT2D eigenvalue weighted by molar-refractivity contribution is 9.10. The summed E-state index contributed by atoms with van der Waals surface area (Å²) in [6, 6.07) is 10.2. The van der Waals surface area contributed by atoms with Crippen LogP contribution < -0.4 is 0 Å². The summed E-state index contributed by atoms with van der Waals surface area (Å²) >= 11 is 15.5. The molecule has 0 spiro atoms. The summed E-state index contributed by atoms with van der Waals surface area (Å²) in [6.45, 7) is 1.80. The molecule has 0 bridgehead atoms. The zero-order chi connectivity index (χ0) is 15.1. The van der Waals surface area contributed by atoms with Crippen LogP contribution in [-0.2, 0) is 0 Å². The maximum Gasteiger partial charge on any atom is 0.148 e. The molecule has 0 N–H and O–H groups in total. The number of imidazole rings is 1. The van der Waals surface area contributed by atoms with Gasteiger partial charge >= 0.3 is 0 Å². The lowest BCUT2D eigenvalue weighted by Gasteiger charge is -2.11. The molecule has 0 fully saturated rings. The Kier molecular flexibility index (Phi) is 3.95. The molecular formula is C15H10BrCl2FN2. The summed E-state index contributed by atoms with van der Waals surface area (Å²) in [7, 11) is 0. The predicted molar refractivity (Wildman–Crippen MR) is 88.0 cm³/mol. The Morgan fingerprint density at radius 1 is 1.24 bits per heavy atom. The van der Waals surface area contributed by atoms with E-state index in [0.717, 1.165) is 5.52 Å². The van der Waals surface area contributed by atoms with Crippen molar-refractivity contribution in [2.24, 2.45) is 0 Å². The second-order valence-corrected chi connectivity index (χ2v) is 6.66. The minimum Gasteiger partial charge on any atom is -0.292 e. The van der Waals surface area contributed by atoms with Crippen molar-refractivity contribution >= 4 is 50.2 Å². The van der Waals surface area contributed by atoms with Gasteiger partial charge < -0.3 is 0 Å². The van der Waals surface area contributed by atoms with Crippen LogP contribution in [0, 0.1) is 5.82 Å². The van der Waals surface area contributed by atoms with Crippen LogP contribution in [0.4, 0.5) is 4.39 Å². The van der Waals surface area contributed by atoms with Gasteiger partial charge in [-0.25, -0.2) is 9.37 Å². The van der Waals surface area contributed by atoms with Crippen LogP contribution in [0.15, 0.2) is 40.9 Å². The third kappa shape index (κ3) is 2.68. The molecule has 0 saturated heterocycles. The molecule has 1 heterocycles. The Bertz CT molecular complexity index is 830. The predicted octanol–water partition coefficient (Wildman–Crippen LogP) is 5.88. The molecule has 1 atom stereocenters. The number of rotatable bonds is 2. The van der Waals surface area contributed by atoms with Crippen molar-refractivity contribution in [3.05, 3.63) is 57.5 Å². The van der Waals surface area contributed by atoms with Crippen molar-refractivity contribution in [2.45, 2.75) is 12.3 Å². The Morgan fingerprint density at radius 3 is 2.67 bits per heavy atom. The smallest absolute Gasteiger partial charge is 0.148 e. The van der Waals surface area contributed by atoms with Gasteiger partial charge in [0.05, 0.1) is 22.1 Å². The second-order valence-electron chi connectivity index (χ2n) is 4.65. The summed E-state index contributed by atoms with van der Waals surface area (Å²) in [4.78, 5) is 4.48. The fraction of sp³-hybridized carbons (Fsp3) is 0.133. The van der Waals surface area contributed by atoms with Crippen LogP contribution in [0.5, 0.6) is 0 Å². The Balaban J connectivity index is 2.36. The van der Waals surface area contributed by atoms with Crippen molar-refractivity contribution in [3.8, 4) is 5.69 Å². The van der Waals surface area contributed by atoms with Gasteiger partial charge in [-0.1, -0.05) is 27.5 Å². The molecule has 3 rings (SSSR count). The zero-order valence-electron chi connectivity index (χ0n) is 10.9. The fourth-order valence-electron chi connectivity index (χ4n) is 2.25. The first kappa shape index (κ1) is 14.8. The molecule has 0 amide bonds. The molecule has 0 aliphatic carbocycles. The number of fused-ring (bicyclic) bond motifs is 1. The van der Waals surface area contributed by atoms with E-state index in [4.69, 9.17) is 23.2 Å². The molecule has 108 valence electrons. The molecule has 3 aromatic rings. The highest BCUT2D eigenvalue weighted by Gasteiger charge is 2.18. The Morgan fingerprint density at radius 2 is 2.00 bits per heavy atom. The van der Waals surface area contributed by atoms with Crippen molar-refractivity contribution < 1.29 is 4.39 Å². The lowest BCUT2D eigenvalue weighted by Crippen LogP contribution is -2.04. The van der Waals surface area contributed by atoms with Gasteiger partial charge in [-0.05, 0) is 43.3 Å². The monoisotopic (exact) mass is 386 g/mol. The Labute approximate surface area is 139 Å². The summed E-state index contributed by atoms with van der Waals surface area (Å²) in [6.07, 6.45) is 0. The molecular weight excluding hydrogens is 378 g/mol. The minimum atomic E-state index is -0.362. The first-order valence-corrected chi connectivity index (χ1v) is 7.85. The van der Waals surface area contributed by atoms with Gasteiger partial charge in [0.15, 0.2) is 0 Å². The average Bonchev–Trinajstić information content (AvgIpc) is 2.77. The summed E-state index contributed by atoms with van der Waals surface area (Å²) in [5, 5.41) is 0.219. The number of benzene rings is 2. The number of nitrogens with zero attached hydrogens (tertiary/aromatic N) is 2. The molecule has 0 aliphatic heterocycles. The molecule has 6 heteroatoms. The van der Waals surface area contributed by atoms with E-state index in [1.54, 1.807) is 35.8 Å². The summed E-state index contributed by atoms with van der Waals surface area (Å²) in [5.41, 5.74) is 1.86. The molecule has 0 aliphatic rings. The van der Waals surface area contributed by atoms with E-state index in [2.05, 4.69) is 20.9 Å². The third-order valence-corrected chi connectivity index (χ3v) is 4.07. The van der Waals surface area contributed by atoms with Gasteiger partial charge in [0.2, 0.25) is 0 Å². The van der Waals surface area contributed by atoms with Gasteiger partial charge in [-0.3, -0.25) is 4.57 Å². The van der Waals surface area contributed by atoms with E-state index in [1.165, 1.54) is 6.07 Å². The number of alkyl halides is 1. The first-order valence-electron chi connectivity index (χ1n) is 6.25. The van der Waals surface area contributed by atoms with Gasteiger partial charge in [-0.2, -0.15) is 0 Å². The zero-order valence-corrected chi connectivity index (χ0v) is 14.0. The average molecular weight is 388 g/mol. The first-order chi connectivity index (χ1) is 9.97. The third-order valence-electron chi connectivity index (χ3n) is 3.15. The van der Waals surface area contributed by atoms with Gasteiger partial charge in [0.1, 0.15) is 11.6 Å². The molecule has 0 radical (unpaired) electrons. The van der Waals surface area contributed by atoms with E-state index in [0.29, 0.717) is 26.5 Å². The van der Waals surface area contributed by atoms with Crippen molar-refractivity contribution in [1.29, 1.82) is 0 Å². The molecule has 1 aromatic heterocycles. The van der Waals surface area contributed by atoms with Gasteiger partial charge in [0.25, 0.3) is 0 Å². The van der Waals surface area contributed by atoms with E-state index in [-0.39, 0.29) is 11.2 Å². The molecule has 21 heavy (non-hydrogen) atoms.